The van der Waals surface area contributed by atoms with Crippen molar-refractivity contribution in [1.29, 1.82) is 0 Å². The van der Waals surface area contributed by atoms with Crippen molar-refractivity contribution in [3.63, 3.8) is 0 Å². The lowest BCUT2D eigenvalue weighted by Gasteiger charge is -2.25. The van der Waals surface area contributed by atoms with Crippen LogP contribution < -0.4 is 0 Å². The van der Waals surface area contributed by atoms with Crippen LogP contribution in [0.1, 0.15) is 39.8 Å². The molecule has 0 aliphatic carbocycles. The first kappa shape index (κ1) is 13.5. The quantitative estimate of drug-likeness (QED) is 0.853. The van der Waals surface area contributed by atoms with Crippen LogP contribution in [0.5, 0.6) is 0 Å². The van der Waals surface area contributed by atoms with Gasteiger partial charge in [0.1, 0.15) is 0 Å². The topological polar surface area (TPSA) is 46.1 Å². The number of hydrogen-bond donors (Lipinski definition) is 0. The predicted molar refractivity (Wildman–Crippen MR) is 79.1 cm³/mol. The highest BCUT2D eigenvalue weighted by atomic mass is 35.5. The summed E-state index contributed by atoms with van der Waals surface area (Å²) in [7, 11) is 0. The van der Waals surface area contributed by atoms with Gasteiger partial charge in [0.15, 0.2) is 0 Å². The summed E-state index contributed by atoms with van der Waals surface area (Å²) in [5.74, 6) is -0.0693. The molecule has 2 heterocycles. The molecule has 6 heteroatoms. The maximum atomic E-state index is 12.5. The highest BCUT2D eigenvalue weighted by Crippen LogP contribution is 2.35. The standard InChI is InChI=1S/C14H14ClN3OS/c1-9-5-2-3-6-10(9)11-7-4-8-18(11)13(19)12-16-17-14(15)20-12/h2-3,5-6,11H,4,7-8H2,1H3. The molecule has 20 heavy (non-hydrogen) atoms. The molecule has 0 radical (unpaired) electrons. The van der Waals surface area contributed by atoms with Crippen molar-refractivity contribution in [3.05, 3.63) is 44.9 Å². The molecule has 1 atom stereocenters. The minimum absolute atomic E-state index is 0.0693. The minimum atomic E-state index is -0.0693. The molecule has 0 N–H and O–H groups in total. The molecule has 0 spiro atoms. The first-order chi connectivity index (χ1) is 9.66. The fourth-order valence-corrected chi connectivity index (χ4v) is 3.49. The molecule has 3 rings (SSSR count). The fourth-order valence-electron chi connectivity index (χ4n) is 2.71. The van der Waals surface area contributed by atoms with Crippen molar-refractivity contribution >= 4 is 28.8 Å². The lowest BCUT2D eigenvalue weighted by molar-refractivity contribution is 0.0734. The average molecular weight is 308 g/mol. The molecule has 1 amide bonds. The lowest BCUT2D eigenvalue weighted by Crippen LogP contribution is -2.30. The van der Waals surface area contributed by atoms with E-state index in [2.05, 4.69) is 29.3 Å². The maximum Gasteiger partial charge on any atom is 0.285 e. The molecule has 4 nitrogen and oxygen atoms in total. The van der Waals surface area contributed by atoms with Crippen molar-refractivity contribution in [1.82, 2.24) is 15.1 Å². The molecule has 1 fully saturated rings. The van der Waals surface area contributed by atoms with Crippen LogP contribution in [0.15, 0.2) is 24.3 Å². The van der Waals surface area contributed by atoms with Gasteiger partial charge in [0.2, 0.25) is 9.47 Å². The van der Waals surface area contributed by atoms with E-state index in [0.29, 0.717) is 9.47 Å². The Morgan fingerprint density at radius 1 is 1.40 bits per heavy atom. The number of carbonyl (C=O) groups is 1. The molecule has 0 bridgehead atoms. The van der Waals surface area contributed by atoms with Crippen molar-refractivity contribution in [2.75, 3.05) is 6.54 Å². The summed E-state index contributed by atoms with van der Waals surface area (Å²) in [6.45, 7) is 2.84. The van der Waals surface area contributed by atoms with E-state index in [0.717, 1.165) is 30.7 Å². The molecular weight excluding hydrogens is 294 g/mol. The number of carbonyl (C=O) groups excluding carboxylic acids is 1. The fraction of sp³-hybridized carbons (Fsp3) is 0.357. The van der Waals surface area contributed by atoms with Crippen molar-refractivity contribution in [2.24, 2.45) is 0 Å². The number of nitrogens with zero attached hydrogens (tertiary/aromatic N) is 3. The van der Waals surface area contributed by atoms with Gasteiger partial charge in [-0.05, 0) is 42.5 Å². The van der Waals surface area contributed by atoms with E-state index in [-0.39, 0.29) is 11.9 Å². The summed E-state index contributed by atoms with van der Waals surface area (Å²) in [5.41, 5.74) is 2.43. The van der Waals surface area contributed by atoms with E-state index < -0.39 is 0 Å². The van der Waals surface area contributed by atoms with Crippen LogP contribution in [0, 0.1) is 6.92 Å². The van der Waals surface area contributed by atoms with Gasteiger partial charge in [0.05, 0.1) is 6.04 Å². The Labute approximate surface area is 126 Å². The highest BCUT2D eigenvalue weighted by Gasteiger charge is 2.32. The van der Waals surface area contributed by atoms with Gasteiger partial charge in [-0.25, -0.2) is 0 Å². The van der Waals surface area contributed by atoms with Gasteiger partial charge in [0, 0.05) is 6.54 Å². The van der Waals surface area contributed by atoms with Gasteiger partial charge in [-0.2, -0.15) is 0 Å². The van der Waals surface area contributed by atoms with Crippen LogP contribution in [0.2, 0.25) is 4.47 Å². The molecular formula is C14H14ClN3OS. The van der Waals surface area contributed by atoms with Crippen LogP contribution in [0.3, 0.4) is 0 Å². The number of halogens is 1. The van der Waals surface area contributed by atoms with E-state index in [9.17, 15) is 4.79 Å². The lowest BCUT2D eigenvalue weighted by atomic mass is 9.99. The zero-order chi connectivity index (χ0) is 14.1. The average Bonchev–Trinajstić information content (AvgIpc) is 3.07. The van der Waals surface area contributed by atoms with Gasteiger partial charge in [-0.15, -0.1) is 10.2 Å². The van der Waals surface area contributed by atoms with Gasteiger partial charge in [0.25, 0.3) is 5.91 Å². The van der Waals surface area contributed by atoms with Crippen LogP contribution in [-0.4, -0.2) is 27.5 Å². The third-order valence-corrected chi connectivity index (χ3v) is 4.65. The second-order valence-corrected chi connectivity index (χ2v) is 6.43. The van der Waals surface area contributed by atoms with Crippen LogP contribution in [0.4, 0.5) is 0 Å². The van der Waals surface area contributed by atoms with Crippen LogP contribution in [0.25, 0.3) is 0 Å². The third kappa shape index (κ3) is 2.43. The Kier molecular flexibility index (Phi) is 3.72. The maximum absolute atomic E-state index is 12.5. The van der Waals surface area contributed by atoms with Gasteiger partial charge >= 0.3 is 0 Å². The SMILES string of the molecule is Cc1ccccc1C1CCCN1C(=O)c1nnc(Cl)s1. The summed E-state index contributed by atoms with van der Waals surface area (Å²) in [6, 6.07) is 8.35. The number of benzene rings is 1. The second kappa shape index (κ2) is 5.50. The summed E-state index contributed by atoms with van der Waals surface area (Å²) in [6.07, 6.45) is 2.00. The molecule has 0 saturated carbocycles. The molecule has 1 unspecified atom stereocenters. The number of rotatable bonds is 2. The molecule has 1 aliphatic heterocycles. The van der Waals surface area contributed by atoms with E-state index in [1.807, 2.05) is 17.0 Å². The van der Waals surface area contributed by atoms with Crippen LogP contribution >= 0.6 is 22.9 Å². The van der Waals surface area contributed by atoms with E-state index in [1.54, 1.807) is 0 Å². The molecule has 1 aromatic heterocycles. The first-order valence-electron chi connectivity index (χ1n) is 6.52. The normalized spacial score (nSPS) is 18.5. The number of aryl methyl sites for hydroxylation is 1. The Morgan fingerprint density at radius 2 is 2.20 bits per heavy atom. The molecule has 1 saturated heterocycles. The first-order valence-corrected chi connectivity index (χ1v) is 7.72. The Balaban J connectivity index is 1.90. The summed E-state index contributed by atoms with van der Waals surface area (Å²) >= 11 is 6.90. The molecule has 1 aromatic carbocycles. The van der Waals surface area contributed by atoms with Crippen molar-refractivity contribution < 1.29 is 4.79 Å². The Morgan fingerprint density at radius 3 is 2.90 bits per heavy atom. The second-order valence-electron chi connectivity index (χ2n) is 4.87. The zero-order valence-corrected chi connectivity index (χ0v) is 12.6. The Bertz CT molecular complexity index is 643. The molecule has 2 aromatic rings. The van der Waals surface area contributed by atoms with Gasteiger partial charge in [-0.1, -0.05) is 35.6 Å². The van der Waals surface area contributed by atoms with E-state index in [4.69, 9.17) is 11.6 Å². The number of aromatic nitrogens is 2. The van der Waals surface area contributed by atoms with Crippen LogP contribution in [-0.2, 0) is 0 Å². The van der Waals surface area contributed by atoms with Crippen molar-refractivity contribution in [3.8, 4) is 0 Å². The third-order valence-electron chi connectivity index (χ3n) is 3.64. The minimum Gasteiger partial charge on any atom is -0.329 e. The summed E-state index contributed by atoms with van der Waals surface area (Å²) in [5, 5.41) is 7.94. The van der Waals surface area contributed by atoms with Gasteiger partial charge in [-0.3, -0.25) is 4.79 Å². The smallest absolute Gasteiger partial charge is 0.285 e. The highest BCUT2D eigenvalue weighted by molar-refractivity contribution is 7.17. The number of amides is 1. The Hall–Kier alpha value is -1.46. The molecule has 1 aliphatic rings. The zero-order valence-electron chi connectivity index (χ0n) is 11.0. The van der Waals surface area contributed by atoms with E-state index in [1.165, 1.54) is 11.1 Å². The predicted octanol–water partition coefficient (Wildman–Crippen LogP) is 3.48. The van der Waals surface area contributed by atoms with Crippen molar-refractivity contribution in [2.45, 2.75) is 25.8 Å². The largest absolute Gasteiger partial charge is 0.329 e. The number of hydrogen-bond acceptors (Lipinski definition) is 4. The van der Waals surface area contributed by atoms with Gasteiger partial charge < -0.3 is 4.90 Å². The monoisotopic (exact) mass is 307 g/mol. The summed E-state index contributed by atoms with van der Waals surface area (Å²) in [4.78, 5) is 14.4. The summed E-state index contributed by atoms with van der Waals surface area (Å²) < 4.78 is 0.306. The van der Waals surface area contributed by atoms with E-state index >= 15 is 0 Å². The number of likely N-dealkylation sites (tertiary alicyclic amines) is 1. The molecule has 104 valence electrons.